The first-order valence-electron chi connectivity index (χ1n) is 5.49. The monoisotopic (exact) mass is 273 g/mol. The zero-order valence-corrected chi connectivity index (χ0v) is 10.7. The van der Waals surface area contributed by atoms with E-state index in [1.165, 1.54) is 12.1 Å². The fraction of sp³-hybridized carbons (Fsp3) is 0.385. The van der Waals surface area contributed by atoms with Gasteiger partial charge in [0.15, 0.2) is 0 Å². The van der Waals surface area contributed by atoms with Crippen molar-refractivity contribution in [1.82, 2.24) is 5.32 Å². The average Bonchev–Trinajstić information content (AvgIpc) is 2.30. The number of rotatable bonds is 5. The van der Waals surface area contributed by atoms with Crippen LogP contribution in [0.3, 0.4) is 0 Å². The van der Waals surface area contributed by atoms with Crippen molar-refractivity contribution in [2.75, 3.05) is 0 Å². The zero-order chi connectivity index (χ0) is 13.6. The molecule has 0 saturated carbocycles. The summed E-state index contributed by atoms with van der Waals surface area (Å²) in [5, 5.41) is 3.14. The molecule has 0 aliphatic carbocycles. The molecule has 1 aromatic rings. The molecule has 0 fully saturated rings. The predicted octanol–water partition coefficient (Wildman–Crippen LogP) is 3.80. The molecule has 1 atom stereocenters. The van der Waals surface area contributed by atoms with Crippen LogP contribution >= 0.6 is 11.8 Å². The number of benzene rings is 1. The van der Waals surface area contributed by atoms with Gasteiger partial charge in [-0.15, -0.1) is 6.42 Å². The Balaban J connectivity index is 2.53. The van der Waals surface area contributed by atoms with Gasteiger partial charge >= 0.3 is 5.51 Å². The minimum Gasteiger partial charge on any atom is -0.300 e. The highest BCUT2D eigenvalue weighted by Crippen LogP contribution is 2.36. The topological polar surface area (TPSA) is 12.0 Å². The maximum atomic E-state index is 12.1. The van der Waals surface area contributed by atoms with E-state index in [2.05, 4.69) is 11.2 Å². The molecule has 0 aromatic heterocycles. The van der Waals surface area contributed by atoms with E-state index in [1.54, 1.807) is 12.1 Å². The Morgan fingerprint density at radius 1 is 1.33 bits per heavy atom. The summed E-state index contributed by atoms with van der Waals surface area (Å²) in [6.45, 7) is 2.53. The highest BCUT2D eigenvalue weighted by Gasteiger charge is 2.28. The van der Waals surface area contributed by atoms with Crippen molar-refractivity contribution in [3.63, 3.8) is 0 Å². The highest BCUT2D eigenvalue weighted by atomic mass is 32.2. The summed E-state index contributed by atoms with van der Waals surface area (Å²) >= 11 is -0.110. The number of hydrogen-bond donors (Lipinski definition) is 1. The molecular weight excluding hydrogens is 259 g/mol. The van der Waals surface area contributed by atoms with Crippen molar-refractivity contribution >= 4 is 11.8 Å². The second-order valence-corrected chi connectivity index (χ2v) is 4.84. The summed E-state index contributed by atoms with van der Waals surface area (Å²) in [6.07, 6.45) is 6.12. The number of thioether (sulfide) groups is 1. The Hall–Kier alpha value is -1.12. The normalized spacial score (nSPS) is 13.1. The second kappa shape index (κ2) is 6.72. The molecule has 0 aliphatic rings. The average molecular weight is 273 g/mol. The minimum absolute atomic E-state index is 0.00535. The molecule has 0 saturated heterocycles. The summed E-state index contributed by atoms with van der Waals surface area (Å²) < 4.78 is 36.3. The lowest BCUT2D eigenvalue weighted by atomic mass is 10.2. The van der Waals surface area contributed by atoms with Crippen molar-refractivity contribution < 1.29 is 13.2 Å². The van der Waals surface area contributed by atoms with Crippen molar-refractivity contribution in [3.05, 3.63) is 29.8 Å². The fourth-order valence-electron chi connectivity index (χ4n) is 1.37. The Labute approximate surface area is 109 Å². The molecule has 0 bridgehead atoms. The number of hydrogen-bond acceptors (Lipinski definition) is 2. The fourth-order valence-corrected chi connectivity index (χ4v) is 1.91. The van der Waals surface area contributed by atoms with Gasteiger partial charge in [0.25, 0.3) is 0 Å². The highest BCUT2D eigenvalue weighted by molar-refractivity contribution is 8.00. The summed E-state index contributed by atoms with van der Waals surface area (Å²) in [7, 11) is 0. The molecule has 0 heterocycles. The molecule has 1 aromatic carbocycles. The molecule has 5 heteroatoms. The molecule has 0 spiro atoms. The van der Waals surface area contributed by atoms with Crippen LogP contribution in [0.5, 0.6) is 0 Å². The van der Waals surface area contributed by atoms with Gasteiger partial charge in [0.05, 0.1) is 6.04 Å². The Kier molecular flexibility index (Phi) is 5.57. The first-order valence-corrected chi connectivity index (χ1v) is 6.30. The van der Waals surface area contributed by atoms with Crippen molar-refractivity contribution in [2.45, 2.75) is 36.3 Å². The van der Waals surface area contributed by atoms with Gasteiger partial charge in [-0.2, -0.15) is 13.2 Å². The molecule has 0 radical (unpaired) electrons. The third-order valence-corrected chi connectivity index (χ3v) is 3.06. The van der Waals surface area contributed by atoms with Crippen LogP contribution in [0.4, 0.5) is 13.2 Å². The van der Waals surface area contributed by atoms with E-state index in [4.69, 9.17) is 6.42 Å². The van der Waals surface area contributed by atoms with E-state index < -0.39 is 5.51 Å². The molecular formula is C13H14F3NS. The van der Waals surface area contributed by atoms with Gasteiger partial charge in [-0.1, -0.05) is 25.0 Å². The molecule has 98 valence electrons. The molecule has 1 rings (SSSR count). The van der Waals surface area contributed by atoms with E-state index in [-0.39, 0.29) is 22.7 Å². The molecule has 0 amide bonds. The molecule has 0 aliphatic heterocycles. The van der Waals surface area contributed by atoms with Crippen LogP contribution in [0.1, 0.15) is 18.9 Å². The number of alkyl halides is 3. The Bertz CT molecular complexity index is 406. The van der Waals surface area contributed by atoms with Gasteiger partial charge in [-0.25, -0.2) is 0 Å². The number of terminal acetylenes is 1. The molecule has 1 unspecified atom stereocenters. The third kappa shape index (κ3) is 5.48. The first-order chi connectivity index (χ1) is 8.44. The smallest absolute Gasteiger partial charge is 0.300 e. The summed E-state index contributed by atoms with van der Waals surface area (Å²) in [6, 6.07) is 6.27. The van der Waals surface area contributed by atoms with Crippen LogP contribution in [0.2, 0.25) is 0 Å². The van der Waals surface area contributed by atoms with Gasteiger partial charge in [0.2, 0.25) is 0 Å². The molecule has 1 N–H and O–H groups in total. The van der Waals surface area contributed by atoms with Gasteiger partial charge in [0.1, 0.15) is 0 Å². The quantitative estimate of drug-likeness (QED) is 0.647. The summed E-state index contributed by atoms with van der Waals surface area (Å²) in [5.74, 6) is 2.60. The second-order valence-electron chi connectivity index (χ2n) is 3.70. The van der Waals surface area contributed by atoms with E-state index in [0.29, 0.717) is 6.54 Å². The van der Waals surface area contributed by atoms with Crippen LogP contribution in [0.25, 0.3) is 0 Å². The molecule has 1 nitrogen and oxygen atoms in total. The largest absolute Gasteiger partial charge is 0.446 e. The maximum absolute atomic E-state index is 12.1. The van der Waals surface area contributed by atoms with Crippen LogP contribution in [-0.4, -0.2) is 11.6 Å². The predicted molar refractivity (Wildman–Crippen MR) is 68.1 cm³/mol. The lowest BCUT2D eigenvalue weighted by Crippen LogP contribution is -2.26. The van der Waals surface area contributed by atoms with Crippen LogP contribution in [0.15, 0.2) is 29.2 Å². The lowest BCUT2D eigenvalue weighted by molar-refractivity contribution is -0.0328. The summed E-state index contributed by atoms with van der Waals surface area (Å²) in [4.78, 5) is 0.190. The van der Waals surface area contributed by atoms with E-state index in [0.717, 1.165) is 12.0 Å². The van der Waals surface area contributed by atoms with Gasteiger partial charge < -0.3 is 0 Å². The van der Waals surface area contributed by atoms with Crippen LogP contribution < -0.4 is 5.32 Å². The maximum Gasteiger partial charge on any atom is 0.446 e. The van der Waals surface area contributed by atoms with Gasteiger partial charge in [0, 0.05) is 11.4 Å². The van der Waals surface area contributed by atoms with Gasteiger partial charge in [-0.05, 0) is 35.9 Å². The van der Waals surface area contributed by atoms with E-state index in [1.807, 2.05) is 6.92 Å². The van der Waals surface area contributed by atoms with E-state index in [9.17, 15) is 13.2 Å². The third-order valence-electron chi connectivity index (χ3n) is 2.32. The Morgan fingerprint density at radius 2 is 1.94 bits per heavy atom. The van der Waals surface area contributed by atoms with Gasteiger partial charge in [-0.3, -0.25) is 5.32 Å². The molecule has 18 heavy (non-hydrogen) atoms. The first kappa shape index (κ1) is 14.9. The van der Waals surface area contributed by atoms with Crippen molar-refractivity contribution in [2.24, 2.45) is 0 Å². The zero-order valence-electron chi connectivity index (χ0n) is 9.92. The van der Waals surface area contributed by atoms with Crippen LogP contribution in [-0.2, 0) is 6.54 Å². The number of halogens is 3. The lowest BCUT2D eigenvalue weighted by Gasteiger charge is -2.11. The standard InChI is InChI=1S/C13H14F3NS/c1-3-11(4-2)17-9-10-5-7-12(8-6-10)18-13(14,15)16/h1,5-8,11,17H,4,9H2,2H3. The van der Waals surface area contributed by atoms with Crippen molar-refractivity contribution in [1.29, 1.82) is 0 Å². The van der Waals surface area contributed by atoms with Crippen molar-refractivity contribution in [3.8, 4) is 12.3 Å². The van der Waals surface area contributed by atoms with E-state index >= 15 is 0 Å². The summed E-state index contributed by atoms with van der Waals surface area (Å²) in [5.41, 5.74) is -3.33. The SMILES string of the molecule is C#CC(CC)NCc1ccc(SC(F)(F)F)cc1. The Morgan fingerprint density at radius 3 is 2.39 bits per heavy atom. The van der Waals surface area contributed by atoms with Crippen LogP contribution in [0, 0.1) is 12.3 Å². The minimum atomic E-state index is -4.24. The number of nitrogens with one attached hydrogen (secondary N) is 1.